The van der Waals surface area contributed by atoms with E-state index < -0.39 is 0 Å². The molecule has 0 radical (unpaired) electrons. The van der Waals surface area contributed by atoms with Gasteiger partial charge >= 0.3 is 0 Å². The summed E-state index contributed by atoms with van der Waals surface area (Å²) in [6, 6.07) is 13.1. The van der Waals surface area contributed by atoms with Crippen molar-refractivity contribution in [2.45, 2.75) is 19.4 Å². The highest BCUT2D eigenvalue weighted by Gasteiger charge is 2.33. The number of amides is 1. The summed E-state index contributed by atoms with van der Waals surface area (Å²) in [6.07, 6.45) is 0.543. The molecule has 3 heterocycles. The van der Waals surface area contributed by atoms with Gasteiger partial charge in [-0.2, -0.15) is 5.10 Å². The zero-order valence-corrected chi connectivity index (χ0v) is 13.8. The Kier molecular flexibility index (Phi) is 3.54. The number of aromatic amines is 1. The predicted molar refractivity (Wildman–Crippen MR) is 95.3 cm³/mol. The zero-order chi connectivity index (χ0) is 16.7. The van der Waals surface area contributed by atoms with Gasteiger partial charge in [-0.1, -0.05) is 24.3 Å². The van der Waals surface area contributed by atoms with Gasteiger partial charge in [0.1, 0.15) is 0 Å². The lowest BCUT2D eigenvalue weighted by Gasteiger charge is -2.20. The second-order valence-corrected chi connectivity index (χ2v) is 6.70. The summed E-state index contributed by atoms with van der Waals surface area (Å²) in [6.45, 7) is 1.48. The normalized spacial score (nSPS) is 17.3. The molecule has 0 spiro atoms. The molecule has 1 atom stereocenters. The van der Waals surface area contributed by atoms with Gasteiger partial charge in [0.15, 0.2) is 0 Å². The molecule has 0 saturated heterocycles. The van der Waals surface area contributed by atoms with Crippen LogP contribution in [0.5, 0.6) is 0 Å². The van der Waals surface area contributed by atoms with Gasteiger partial charge in [0.2, 0.25) is 5.91 Å². The number of nitrogens with one attached hydrogen (secondary N) is 1. The number of aromatic nitrogens is 1. The number of nitrogens with zero attached hydrogens (tertiary/aromatic N) is 2. The molecule has 1 N–H and O–H groups in total. The van der Waals surface area contributed by atoms with Crippen molar-refractivity contribution in [2.75, 3.05) is 0 Å². The molecule has 1 aromatic carbocycles. The van der Waals surface area contributed by atoms with Crippen LogP contribution in [0, 0.1) is 0 Å². The van der Waals surface area contributed by atoms with Crippen LogP contribution in [-0.2, 0) is 4.79 Å². The molecule has 2 aromatic heterocycles. The summed E-state index contributed by atoms with van der Waals surface area (Å²) in [5, 5.41) is 8.81. The lowest BCUT2D eigenvalue weighted by atomic mass is 10.0. The highest BCUT2D eigenvalue weighted by Crippen LogP contribution is 2.33. The van der Waals surface area contributed by atoms with Crippen molar-refractivity contribution in [3.8, 4) is 0 Å². The number of hydrazone groups is 1. The molecule has 1 aliphatic rings. The van der Waals surface area contributed by atoms with Crippen LogP contribution >= 0.6 is 11.3 Å². The highest BCUT2D eigenvalue weighted by molar-refractivity contribution is 7.12. The van der Waals surface area contributed by atoms with Crippen molar-refractivity contribution in [1.29, 1.82) is 0 Å². The summed E-state index contributed by atoms with van der Waals surface area (Å²) in [4.78, 5) is 28.5. The average molecular weight is 337 g/mol. The largest absolute Gasteiger partial charge is 0.322 e. The fourth-order valence-electron chi connectivity index (χ4n) is 3.05. The lowest BCUT2D eigenvalue weighted by molar-refractivity contribution is -0.130. The summed E-state index contributed by atoms with van der Waals surface area (Å²) >= 11 is 1.58. The molecule has 4 rings (SSSR count). The van der Waals surface area contributed by atoms with Crippen LogP contribution in [0.1, 0.15) is 29.8 Å². The van der Waals surface area contributed by atoms with E-state index in [-0.39, 0.29) is 17.5 Å². The number of hydrogen-bond acceptors (Lipinski definition) is 4. The second-order valence-electron chi connectivity index (χ2n) is 5.75. The number of rotatable bonds is 2. The maximum Gasteiger partial charge on any atom is 0.253 e. The van der Waals surface area contributed by atoms with Gasteiger partial charge in [-0.15, -0.1) is 11.3 Å². The second kappa shape index (κ2) is 5.72. The standard InChI is InChI=1S/C18H15N3O2S/c1-11(22)21-16(10-15(20-21)17-7-4-8-24-17)13-9-12-5-2-3-6-14(12)19-18(13)23/h2-9,16H,10H2,1H3,(H,19,23)/t16-/m1/s1. The van der Waals surface area contributed by atoms with E-state index in [9.17, 15) is 9.59 Å². The monoisotopic (exact) mass is 337 g/mol. The predicted octanol–water partition coefficient (Wildman–Crippen LogP) is 3.29. The van der Waals surface area contributed by atoms with E-state index in [1.165, 1.54) is 11.9 Å². The minimum Gasteiger partial charge on any atom is -0.322 e. The first-order valence-electron chi connectivity index (χ1n) is 7.66. The van der Waals surface area contributed by atoms with Crippen molar-refractivity contribution >= 4 is 33.9 Å². The Balaban J connectivity index is 1.80. The first-order valence-corrected chi connectivity index (χ1v) is 8.54. The zero-order valence-electron chi connectivity index (χ0n) is 13.0. The average Bonchev–Trinajstić information content (AvgIpc) is 3.23. The first-order chi connectivity index (χ1) is 11.6. The Morgan fingerprint density at radius 2 is 2.12 bits per heavy atom. The third kappa shape index (κ3) is 2.45. The molecule has 0 aliphatic carbocycles. The molecule has 6 heteroatoms. The number of pyridine rings is 1. The van der Waals surface area contributed by atoms with Crippen molar-refractivity contribution < 1.29 is 4.79 Å². The van der Waals surface area contributed by atoms with E-state index in [0.29, 0.717) is 12.0 Å². The summed E-state index contributed by atoms with van der Waals surface area (Å²) in [5.74, 6) is -0.167. The number of thiophene rings is 1. The van der Waals surface area contributed by atoms with Crippen LogP contribution < -0.4 is 5.56 Å². The van der Waals surface area contributed by atoms with E-state index in [0.717, 1.165) is 21.5 Å². The molecular formula is C18H15N3O2S. The number of carbonyl (C=O) groups is 1. The number of fused-ring (bicyclic) bond motifs is 1. The van der Waals surface area contributed by atoms with Crippen molar-refractivity contribution in [3.63, 3.8) is 0 Å². The Hall–Kier alpha value is -2.73. The van der Waals surface area contributed by atoms with E-state index in [1.54, 1.807) is 11.3 Å². The van der Waals surface area contributed by atoms with E-state index >= 15 is 0 Å². The molecule has 0 unspecified atom stereocenters. The lowest BCUT2D eigenvalue weighted by Crippen LogP contribution is -2.29. The molecule has 0 fully saturated rings. The van der Waals surface area contributed by atoms with Crippen LogP contribution in [0.15, 0.2) is 57.7 Å². The Morgan fingerprint density at radius 1 is 1.29 bits per heavy atom. The Morgan fingerprint density at radius 3 is 2.88 bits per heavy atom. The quantitative estimate of drug-likeness (QED) is 0.780. The van der Waals surface area contributed by atoms with Gasteiger partial charge in [-0.05, 0) is 29.0 Å². The van der Waals surface area contributed by atoms with Crippen molar-refractivity contribution in [1.82, 2.24) is 9.99 Å². The van der Waals surface area contributed by atoms with Crippen molar-refractivity contribution in [3.05, 3.63) is 68.6 Å². The maximum absolute atomic E-state index is 12.5. The van der Waals surface area contributed by atoms with Gasteiger partial charge < -0.3 is 4.98 Å². The minimum atomic E-state index is -0.368. The van der Waals surface area contributed by atoms with Gasteiger partial charge in [-0.3, -0.25) is 9.59 Å². The number of hydrogen-bond donors (Lipinski definition) is 1. The highest BCUT2D eigenvalue weighted by atomic mass is 32.1. The van der Waals surface area contributed by atoms with Crippen LogP contribution in [-0.4, -0.2) is 21.6 Å². The molecule has 1 aliphatic heterocycles. The fraction of sp³-hybridized carbons (Fsp3) is 0.167. The SMILES string of the molecule is CC(=O)N1N=C(c2cccs2)C[C@@H]1c1cc2ccccc2[nH]c1=O. The first kappa shape index (κ1) is 14.8. The maximum atomic E-state index is 12.5. The number of benzene rings is 1. The molecular weight excluding hydrogens is 322 g/mol. The van der Waals surface area contributed by atoms with Gasteiger partial charge in [0.25, 0.3) is 5.56 Å². The summed E-state index contributed by atoms with van der Waals surface area (Å²) in [7, 11) is 0. The number of H-pyrrole nitrogens is 1. The van der Waals surface area contributed by atoms with Crippen LogP contribution in [0.25, 0.3) is 10.9 Å². The van der Waals surface area contributed by atoms with Crippen LogP contribution in [0.3, 0.4) is 0 Å². The number of carbonyl (C=O) groups excluding carboxylic acids is 1. The van der Waals surface area contributed by atoms with Gasteiger partial charge in [-0.25, -0.2) is 5.01 Å². The van der Waals surface area contributed by atoms with E-state index in [1.807, 2.05) is 47.8 Å². The van der Waals surface area contributed by atoms with E-state index in [4.69, 9.17) is 0 Å². The smallest absolute Gasteiger partial charge is 0.253 e. The molecule has 0 saturated carbocycles. The Labute approximate surface area is 142 Å². The van der Waals surface area contributed by atoms with Crippen molar-refractivity contribution in [2.24, 2.45) is 5.10 Å². The molecule has 5 nitrogen and oxygen atoms in total. The molecule has 3 aromatic rings. The topological polar surface area (TPSA) is 65.5 Å². The summed E-state index contributed by atoms with van der Waals surface area (Å²) < 4.78 is 0. The third-order valence-corrected chi connectivity index (χ3v) is 5.10. The molecule has 120 valence electrons. The number of para-hydroxylation sites is 1. The third-order valence-electron chi connectivity index (χ3n) is 4.18. The fourth-order valence-corrected chi connectivity index (χ4v) is 3.77. The molecule has 1 amide bonds. The van der Waals surface area contributed by atoms with Crippen LogP contribution in [0.2, 0.25) is 0 Å². The Bertz CT molecular complexity index is 1000. The van der Waals surface area contributed by atoms with Gasteiger partial charge in [0.05, 0.1) is 16.6 Å². The van der Waals surface area contributed by atoms with E-state index in [2.05, 4.69) is 10.1 Å². The molecule has 24 heavy (non-hydrogen) atoms. The van der Waals surface area contributed by atoms with Gasteiger partial charge in [0, 0.05) is 24.4 Å². The summed E-state index contributed by atoms with van der Waals surface area (Å²) in [5.41, 5.74) is 2.03. The van der Waals surface area contributed by atoms with Crippen LogP contribution in [0.4, 0.5) is 0 Å². The minimum absolute atomic E-state index is 0.167. The molecule has 0 bridgehead atoms.